The molecule has 0 unspecified atom stereocenters. The van der Waals surface area contributed by atoms with Gasteiger partial charge in [-0.1, -0.05) is 24.3 Å². The van der Waals surface area contributed by atoms with Crippen molar-refractivity contribution in [3.63, 3.8) is 0 Å². The Hall–Kier alpha value is -2.88. The van der Waals surface area contributed by atoms with Gasteiger partial charge in [0.2, 0.25) is 0 Å². The van der Waals surface area contributed by atoms with Gasteiger partial charge in [0.15, 0.2) is 0 Å². The minimum Gasteiger partial charge on any atom is -0.457 e. The molecule has 0 spiro atoms. The fourth-order valence-electron chi connectivity index (χ4n) is 2.18. The summed E-state index contributed by atoms with van der Waals surface area (Å²) in [5, 5.41) is 0. The van der Waals surface area contributed by atoms with Crippen molar-refractivity contribution in [2.75, 3.05) is 5.73 Å². The van der Waals surface area contributed by atoms with Crippen molar-refractivity contribution in [1.82, 2.24) is 0 Å². The maximum absolute atomic E-state index is 14.0. The average Bonchev–Trinajstić information content (AvgIpc) is 2.49. The van der Waals surface area contributed by atoms with Crippen molar-refractivity contribution in [3.05, 3.63) is 78.4 Å². The SMILES string of the molecule is Nc1ccc(-c2ccccc2F)c(Oc2cccc(F)c2)c1. The summed E-state index contributed by atoms with van der Waals surface area (Å²) in [5.74, 6) is -0.0795. The highest BCUT2D eigenvalue weighted by molar-refractivity contribution is 5.73. The predicted molar refractivity (Wildman–Crippen MR) is 82.7 cm³/mol. The standard InChI is InChI=1S/C18H13F2NO/c19-12-4-3-5-14(10-12)22-18-11-13(21)8-9-16(18)15-6-1-2-7-17(15)20/h1-11H,21H2. The molecule has 0 saturated carbocycles. The van der Waals surface area contributed by atoms with E-state index in [2.05, 4.69) is 0 Å². The van der Waals surface area contributed by atoms with Crippen molar-refractivity contribution in [1.29, 1.82) is 0 Å². The van der Waals surface area contributed by atoms with E-state index in [-0.39, 0.29) is 5.82 Å². The van der Waals surface area contributed by atoms with E-state index in [0.29, 0.717) is 28.3 Å². The molecule has 0 fully saturated rings. The summed E-state index contributed by atoms with van der Waals surface area (Å²) in [6.07, 6.45) is 0. The molecule has 0 aliphatic carbocycles. The number of hydrogen-bond donors (Lipinski definition) is 1. The van der Waals surface area contributed by atoms with Crippen molar-refractivity contribution < 1.29 is 13.5 Å². The number of nitrogen functional groups attached to an aromatic ring is 1. The summed E-state index contributed by atoms with van der Waals surface area (Å²) in [4.78, 5) is 0. The van der Waals surface area contributed by atoms with Crippen molar-refractivity contribution in [3.8, 4) is 22.6 Å². The van der Waals surface area contributed by atoms with Crippen molar-refractivity contribution >= 4 is 5.69 Å². The molecule has 0 aromatic heterocycles. The van der Waals surface area contributed by atoms with Crippen LogP contribution in [0.15, 0.2) is 66.7 Å². The first-order chi connectivity index (χ1) is 10.6. The molecule has 3 aromatic carbocycles. The summed E-state index contributed by atoms with van der Waals surface area (Å²) in [7, 11) is 0. The van der Waals surface area contributed by atoms with Gasteiger partial charge in [-0.2, -0.15) is 0 Å². The zero-order chi connectivity index (χ0) is 15.5. The predicted octanol–water partition coefficient (Wildman–Crippen LogP) is 5.01. The molecule has 22 heavy (non-hydrogen) atoms. The lowest BCUT2D eigenvalue weighted by atomic mass is 10.0. The Balaban J connectivity index is 2.07. The first-order valence-electron chi connectivity index (χ1n) is 6.71. The smallest absolute Gasteiger partial charge is 0.137 e. The molecule has 2 N–H and O–H groups in total. The Morgan fingerprint density at radius 1 is 0.773 bits per heavy atom. The van der Waals surface area contributed by atoms with Gasteiger partial charge >= 0.3 is 0 Å². The highest BCUT2D eigenvalue weighted by Crippen LogP contribution is 2.36. The van der Waals surface area contributed by atoms with E-state index in [9.17, 15) is 8.78 Å². The van der Waals surface area contributed by atoms with E-state index in [0.717, 1.165) is 0 Å². The zero-order valence-corrected chi connectivity index (χ0v) is 11.6. The molecule has 0 bridgehead atoms. The lowest BCUT2D eigenvalue weighted by Gasteiger charge is -2.13. The van der Waals surface area contributed by atoms with Crippen LogP contribution in [0, 0.1) is 11.6 Å². The van der Waals surface area contributed by atoms with Crippen LogP contribution >= 0.6 is 0 Å². The number of ether oxygens (including phenoxy) is 1. The molecule has 3 rings (SSSR count). The number of rotatable bonds is 3. The molecule has 0 saturated heterocycles. The van der Waals surface area contributed by atoms with Gasteiger partial charge < -0.3 is 10.5 Å². The Morgan fingerprint density at radius 2 is 1.59 bits per heavy atom. The lowest BCUT2D eigenvalue weighted by molar-refractivity contribution is 0.478. The second-order valence-electron chi connectivity index (χ2n) is 4.79. The van der Waals surface area contributed by atoms with Gasteiger partial charge in [-0.3, -0.25) is 0 Å². The molecule has 3 aromatic rings. The van der Waals surface area contributed by atoms with Crippen molar-refractivity contribution in [2.24, 2.45) is 0 Å². The third-order valence-corrected chi connectivity index (χ3v) is 3.19. The summed E-state index contributed by atoms with van der Waals surface area (Å²) in [6.45, 7) is 0. The van der Waals surface area contributed by atoms with E-state index in [4.69, 9.17) is 10.5 Å². The molecule has 4 heteroatoms. The highest BCUT2D eigenvalue weighted by Gasteiger charge is 2.12. The number of anilines is 1. The summed E-state index contributed by atoms with van der Waals surface area (Å²) in [5.41, 5.74) is 7.21. The van der Waals surface area contributed by atoms with E-state index < -0.39 is 5.82 Å². The summed E-state index contributed by atoms with van der Waals surface area (Å²) >= 11 is 0. The van der Waals surface area contributed by atoms with E-state index >= 15 is 0 Å². The molecule has 0 aliphatic rings. The second kappa shape index (κ2) is 5.85. The Morgan fingerprint density at radius 3 is 2.36 bits per heavy atom. The van der Waals surface area contributed by atoms with Crippen LogP contribution in [0.25, 0.3) is 11.1 Å². The molecule has 110 valence electrons. The molecule has 0 radical (unpaired) electrons. The summed E-state index contributed by atoms with van der Waals surface area (Å²) in [6, 6.07) is 17.1. The second-order valence-corrected chi connectivity index (χ2v) is 4.79. The molecule has 0 amide bonds. The van der Waals surface area contributed by atoms with Gasteiger partial charge in [-0.05, 0) is 30.3 Å². The van der Waals surface area contributed by atoms with Crippen LogP contribution in [-0.2, 0) is 0 Å². The number of halogens is 2. The fourth-order valence-corrected chi connectivity index (χ4v) is 2.18. The average molecular weight is 297 g/mol. The van der Waals surface area contributed by atoms with E-state index in [1.165, 1.54) is 18.2 Å². The molecule has 0 aliphatic heterocycles. The van der Waals surface area contributed by atoms with Crippen LogP contribution in [0.2, 0.25) is 0 Å². The van der Waals surface area contributed by atoms with Crippen LogP contribution < -0.4 is 10.5 Å². The van der Waals surface area contributed by atoms with Crippen LogP contribution in [0.5, 0.6) is 11.5 Å². The molecule has 0 heterocycles. The van der Waals surface area contributed by atoms with E-state index in [1.807, 2.05) is 0 Å². The minimum atomic E-state index is -0.408. The minimum absolute atomic E-state index is 0.322. The van der Waals surface area contributed by atoms with Gasteiger partial charge in [-0.25, -0.2) is 8.78 Å². The first-order valence-corrected chi connectivity index (χ1v) is 6.71. The van der Waals surface area contributed by atoms with E-state index in [1.54, 1.807) is 48.5 Å². The lowest BCUT2D eigenvalue weighted by Crippen LogP contribution is -1.93. The monoisotopic (exact) mass is 297 g/mol. The van der Waals surface area contributed by atoms with Gasteiger partial charge in [0.1, 0.15) is 23.1 Å². The van der Waals surface area contributed by atoms with Gasteiger partial charge in [-0.15, -0.1) is 0 Å². The molecule has 0 atom stereocenters. The largest absolute Gasteiger partial charge is 0.457 e. The van der Waals surface area contributed by atoms with Crippen molar-refractivity contribution in [2.45, 2.75) is 0 Å². The number of nitrogens with two attached hydrogens (primary N) is 1. The van der Waals surface area contributed by atoms with Crippen LogP contribution in [-0.4, -0.2) is 0 Å². The topological polar surface area (TPSA) is 35.2 Å². The maximum Gasteiger partial charge on any atom is 0.137 e. The van der Waals surface area contributed by atoms with Crippen LogP contribution in [0.1, 0.15) is 0 Å². The summed E-state index contributed by atoms with van der Waals surface area (Å²) < 4.78 is 33.0. The third kappa shape index (κ3) is 2.91. The highest BCUT2D eigenvalue weighted by atomic mass is 19.1. The quantitative estimate of drug-likeness (QED) is 0.690. The maximum atomic E-state index is 14.0. The number of benzene rings is 3. The van der Waals surface area contributed by atoms with Crippen LogP contribution in [0.3, 0.4) is 0 Å². The third-order valence-electron chi connectivity index (χ3n) is 3.19. The normalized spacial score (nSPS) is 10.5. The Kier molecular flexibility index (Phi) is 3.74. The molecular formula is C18H13F2NO. The Bertz CT molecular complexity index is 818. The number of hydrogen-bond acceptors (Lipinski definition) is 2. The van der Waals surface area contributed by atoms with Gasteiger partial charge in [0.05, 0.1) is 0 Å². The van der Waals surface area contributed by atoms with Gasteiger partial charge in [0.25, 0.3) is 0 Å². The first kappa shape index (κ1) is 14.1. The Labute approximate surface area is 126 Å². The molecule has 2 nitrogen and oxygen atoms in total. The molecular weight excluding hydrogens is 284 g/mol. The van der Waals surface area contributed by atoms with Gasteiger partial charge in [0, 0.05) is 28.9 Å². The fraction of sp³-hybridized carbons (Fsp3) is 0. The zero-order valence-electron chi connectivity index (χ0n) is 11.6. The van der Waals surface area contributed by atoms with Crippen LogP contribution in [0.4, 0.5) is 14.5 Å².